The van der Waals surface area contributed by atoms with E-state index in [0.717, 1.165) is 19.0 Å². The molecular weight excluding hydrogens is 232 g/mol. The van der Waals surface area contributed by atoms with Crippen molar-refractivity contribution in [2.45, 2.75) is 39.7 Å². The molecule has 1 aromatic carbocycles. The summed E-state index contributed by atoms with van der Waals surface area (Å²) in [5.41, 5.74) is 1.38. The van der Waals surface area contributed by atoms with Crippen molar-refractivity contribution in [2.75, 3.05) is 26.7 Å². The fraction of sp³-hybridized carbons (Fsp3) is 0.647. The van der Waals surface area contributed by atoms with Crippen molar-refractivity contribution in [1.29, 1.82) is 0 Å². The van der Waals surface area contributed by atoms with Crippen molar-refractivity contribution in [1.82, 2.24) is 10.2 Å². The van der Waals surface area contributed by atoms with Gasteiger partial charge >= 0.3 is 0 Å². The van der Waals surface area contributed by atoms with Crippen molar-refractivity contribution in [2.24, 2.45) is 5.92 Å². The second-order valence-corrected chi connectivity index (χ2v) is 5.29. The third-order valence-corrected chi connectivity index (χ3v) is 4.11. The number of hydrogen-bond acceptors (Lipinski definition) is 2. The zero-order chi connectivity index (χ0) is 14.1. The summed E-state index contributed by atoms with van der Waals surface area (Å²) in [6.45, 7) is 10.3. The highest BCUT2D eigenvalue weighted by Crippen LogP contribution is 2.16. The topological polar surface area (TPSA) is 15.3 Å². The lowest BCUT2D eigenvalue weighted by atomic mass is 10.0. The second-order valence-electron chi connectivity index (χ2n) is 5.29. The predicted molar refractivity (Wildman–Crippen MR) is 84.4 cm³/mol. The fourth-order valence-corrected chi connectivity index (χ4v) is 2.55. The summed E-state index contributed by atoms with van der Waals surface area (Å²) in [7, 11) is 2.06. The van der Waals surface area contributed by atoms with Gasteiger partial charge in [0.25, 0.3) is 0 Å². The lowest BCUT2D eigenvalue weighted by Crippen LogP contribution is -2.36. The molecule has 0 bridgehead atoms. The fourth-order valence-electron chi connectivity index (χ4n) is 2.55. The predicted octanol–water partition coefficient (Wildman–Crippen LogP) is 3.71. The van der Waals surface area contributed by atoms with Gasteiger partial charge in [-0.1, -0.05) is 63.9 Å². The quantitative estimate of drug-likeness (QED) is 0.730. The van der Waals surface area contributed by atoms with Crippen LogP contribution < -0.4 is 5.32 Å². The maximum atomic E-state index is 3.45. The average Bonchev–Trinajstić information content (AvgIpc) is 2.48. The molecule has 2 nitrogen and oxygen atoms in total. The molecule has 0 radical (unpaired) electrons. The van der Waals surface area contributed by atoms with Crippen LogP contribution in [0.5, 0.6) is 0 Å². The van der Waals surface area contributed by atoms with E-state index < -0.39 is 0 Å². The molecule has 0 saturated heterocycles. The van der Waals surface area contributed by atoms with E-state index in [1.54, 1.807) is 0 Å². The summed E-state index contributed by atoms with van der Waals surface area (Å²) >= 11 is 0. The van der Waals surface area contributed by atoms with E-state index in [0.29, 0.717) is 6.04 Å². The smallest absolute Gasteiger partial charge is 0.0446 e. The summed E-state index contributed by atoms with van der Waals surface area (Å²) in [6, 6.07) is 11.2. The molecule has 0 aliphatic rings. The molecule has 1 atom stereocenters. The van der Waals surface area contributed by atoms with Gasteiger partial charge in [0, 0.05) is 19.1 Å². The van der Waals surface area contributed by atoms with Gasteiger partial charge in [-0.3, -0.25) is 0 Å². The lowest BCUT2D eigenvalue weighted by Gasteiger charge is -2.29. The van der Waals surface area contributed by atoms with Crippen LogP contribution in [0, 0.1) is 5.92 Å². The third-order valence-electron chi connectivity index (χ3n) is 4.11. The van der Waals surface area contributed by atoms with Gasteiger partial charge in [-0.25, -0.2) is 0 Å². The Kier molecular flexibility index (Phi) is 7.76. The molecule has 0 aliphatic heterocycles. The number of likely N-dealkylation sites (N-methyl/N-ethyl adjacent to an activating group) is 2. The summed E-state index contributed by atoms with van der Waals surface area (Å²) in [5.74, 6) is 0.827. The minimum atomic E-state index is 0.426. The van der Waals surface area contributed by atoms with E-state index in [9.17, 15) is 0 Å². The molecule has 0 spiro atoms. The molecule has 2 heteroatoms. The van der Waals surface area contributed by atoms with Gasteiger partial charge in [0.05, 0.1) is 0 Å². The van der Waals surface area contributed by atoms with Crippen LogP contribution in [0.2, 0.25) is 0 Å². The van der Waals surface area contributed by atoms with Gasteiger partial charge < -0.3 is 10.2 Å². The standard InChI is InChI=1S/C17H30N2/c1-5-15(6-2)13-19(7-3)14-17(18-4)16-11-9-8-10-12-16/h8-12,15,17-18H,5-7,13-14H2,1-4H3. The summed E-state index contributed by atoms with van der Waals surface area (Å²) in [5, 5.41) is 3.45. The first-order chi connectivity index (χ1) is 9.24. The lowest BCUT2D eigenvalue weighted by molar-refractivity contribution is 0.213. The first kappa shape index (κ1) is 16.2. The summed E-state index contributed by atoms with van der Waals surface area (Å²) in [4.78, 5) is 2.58. The molecular formula is C17H30N2. The first-order valence-electron chi connectivity index (χ1n) is 7.69. The Labute approximate surface area is 119 Å². The van der Waals surface area contributed by atoms with Crippen molar-refractivity contribution in [3.63, 3.8) is 0 Å². The Morgan fingerprint density at radius 1 is 1.00 bits per heavy atom. The highest BCUT2D eigenvalue weighted by molar-refractivity contribution is 5.19. The molecule has 108 valence electrons. The highest BCUT2D eigenvalue weighted by Gasteiger charge is 2.15. The van der Waals surface area contributed by atoms with Crippen molar-refractivity contribution < 1.29 is 0 Å². The summed E-state index contributed by atoms with van der Waals surface area (Å²) in [6.07, 6.45) is 2.56. The average molecular weight is 262 g/mol. The second kappa shape index (κ2) is 9.11. The van der Waals surface area contributed by atoms with Crippen LogP contribution in [0.25, 0.3) is 0 Å². The number of hydrogen-bond donors (Lipinski definition) is 1. The van der Waals surface area contributed by atoms with Crippen LogP contribution in [-0.4, -0.2) is 31.6 Å². The molecule has 0 saturated carbocycles. The maximum absolute atomic E-state index is 3.45. The van der Waals surface area contributed by atoms with Crippen LogP contribution >= 0.6 is 0 Å². The van der Waals surface area contributed by atoms with Crippen LogP contribution in [0.15, 0.2) is 30.3 Å². The maximum Gasteiger partial charge on any atom is 0.0446 e. The van der Waals surface area contributed by atoms with Crippen molar-refractivity contribution in [3.8, 4) is 0 Å². The largest absolute Gasteiger partial charge is 0.312 e. The number of nitrogens with zero attached hydrogens (tertiary/aromatic N) is 1. The van der Waals surface area contributed by atoms with Crippen LogP contribution in [0.3, 0.4) is 0 Å². The monoisotopic (exact) mass is 262 g/mol. The van der Waals surface area contributed by atoms with E-state index in [1.165, 1.54) is 24.9 Å². The zero-order valence-electron chi connectivity index (χ0n) is 13.0. The normalized spacial score (nSPS) is 13.2. The molecule has 1 rings (SSSR count). The number of benzene rings is 1. The van der Waals surface area contributed by atoms with Gasteiger partial charge in [0.15, 0.2) is 0 Å². The molecule has 0 aliphatic carbocycles. The third kappa shape index (κ3) is 5.33. The number of nitrogens with one attached hydrogen (secondary N) is 1. The Balaban J connectivity index is 2.62. The molecule has 1 unspecified atom stereocenters. The van der Waals surface area contributed by atoms with Gasteiger partial charge in [-0.05, 0) is 25.1 Å². The zero-order valence-corrected chi connectivity index (χ0v) is 13.0. The highest BCUT2D eigenvalue weighted by atomic mass is 15.1. The van der Waals surface area contributed by atoms with Gasteiger partial charge in [-0.2, -0.15) is 0 Å². The molecule has 0 aromatic heterocycles. The number of rotatable bonds is 9. The van der Waals surface area contributed by atoms with Crippen LogP contribution in [-0.2, 0) is 0 Å². The Bertz CT molecular complexity index is 319. The SMILES string of the molecule is CCC(CC)CN(CC)CC(NC)c1ccccc1. The van der Waals surface area contributed by atoms with Crippen LogP contribution in [0.4, 0.5) is 0 Å². The minimum absolute atomic E-state index is 0.426. The van der Waals surface area contributed by atoms with E-state index in [4.69, 9.17) is 0 Å². The van der Waals surface area contributed by atoms with Crippen molar-refractivity contribution >= 4 is 0 Å². The Morgan fingerprint density at radius 2 is 1.63 bits per heavy atom. The van der Waals surface area contributed by atoms with Crippen LogP contribution in [0.1, 0.15) is 45.2 Å². The van der Waals surface area contributed by atoms with Crippen molar-refractivity contribution in [3.05, 3.63) is 35.9 Å². The summed E-state index contributed by atoms with van der Waals surface area (Å²) < 4.78 is 0. The minimum Gasteiger partial charge on any atom is -0.312 e. The van der Waals surface area contributed by atoms with Gasteiger partial charge in [0.2, 0.25) is 0 Å². The van der Waals surface area contributed by atoms with E-state index in [1.807, 2.05) is 0 Å². The first-order valence-corrected chi connectivity index (χ1v) is 7.69. The van der Waals surface area contributed by atoms with Gasteiger partial charge in [-0.15, -0.1) is 0 Å². The van der Waals surface area contributed by atoms with E-state index in [-0.39, 0.29) is 0 Å². The Morgan fingerprint density at radius 3 is 2.11 bits per heavy atom. The molecule has 1 N–H and O–H groups in total. The molecule has 1 aromatic rings. The van der Waals surface area contributed by atoms with E-state index in [2.05, 4.69) is 68.4 Å². The molecule has 19 heavy (non-hydrogen) atoms. The molecule has 0 fully saturated rings. The molecule has 0 heterocycles. The molecule has 0 amide bonds. The van der Waals surface area contributed by atoms with Gasteiger partial charge in [0.1, 0.15) is 0 Å². The van der Waals surface area contributed by atoms with E-state index >= 15 is 0 Å². The Hall–Kier alpha value is -0.860.